The number of halogens is 2. The summed E-state index contributed by atoms with van der Waals surface area (Å²) in [6.07, 6.45) is 3.70. The maximum Gasteiger partial charge on any atom is 0.363 e. The Morgan fingerprint density at radius 2 is 1.93 bits per heavy atom. The van der Waals surface area contributed by atoms with Gasteiger partial charge in [-0.05, 0) is 99.9 Å². The van der Waals surface area contributed by atoms with Crippen molar-refractivity contribution in [3.05, 3.63) is 61.3 Å². The normalized spacial score (nSPS) is 14.7. The van der Waals surface area contributed by atoms with Crippen LogP contribution in [0.4, 0.5) is 0 Å². The van der Waals surface area contributed by atoms with Crippen molar-refractivity contribution in [2.75, 3.05) is 13.2 Å². The van der Waals surface area contributed by atoms with Crippen LogP contribution in [0.25, 0.3) is 6.08 Å². The molecule has 29 heavy (non-hydrogen) atoms. The van der Waals surface area contributed by atoms with E-state index in [-0.39, 0.29) is 5.70 Å². The number of unbranched alkanes of at least 4 members (excludes halogenated alkanes) is 1. The first-order valence-electron chi connectivity index (χ1n) is 9.39. The molecule has 0 bridgehead atoms. The Bertz CT molecular complexity index is 954. The van der Waals surface area contributed by atoms with Crippen molar-refractivity contribution in [3.63, 3.8) is 0 Å². The Morgan fingerprint density at radius 1 is 1.17 bits per heavy atom. The minimum atomic E-state index is -0.476. The molecule has 0 atom stereocenters. The van der Waals surface area contributed by atoms with Crippen molar-refractivity contribution < 1.29 is 19.0 Å². The van der Waals surface area contributed by atoms with Gasteiger partial charge in [0, 0.05) is 9.13 Å². The number of hydrogen-bond donors (Lipinski definition) is 0. The Hall–Kier alpha value is -1.87. The third-order valence-electron chi connectivity index (χ3n) is 4.09. The van der Waals surface area contributed by atoms with Crippen LogP contribution in [0.3, 0.4) is 0 Å². The SMILES string of the molecule is CCCCOc1c(Br)cc(/C=C2\N=C(c3ccc(I)cc3)OC2=O)cc1OCC. The van der Waals surface area contributed by atoms with Gasteiger partial charge in [-0.25, -0.2) is 9.79 Å². The second-order valence-electron chi connectivity index (χ2n) is 6.31. The quantitative estimate of drug-likeness (QED) is 0.170. The fourth-order valence-corrected chi connectivity index (χ4v) is 3.61. The van der Waals surface area contributed by atoms with Crippen molar-refractivity contribution in [1.82, 2.24) is 0 Å². The van der Waals surface area contributed by atoms with Gasteiger partial charge in [-0.15, -0.1) is 0 Å². The van der Waals surface area contributed by atoms with Gasteiger partial charge < -0.3 is 14.2 Å². The predicted octanol–water partition coefficient (Wildman–Crippen LogP) is 5.98. The van der Waals surface area contributed by atoms with E-state index in [1.165, 1.54) is 0 Å². The summed E-state index contributed by atoms with van der Waals surface area (Å²) >= 11 is 5.78. The lowest BCUT2D eigenvalue weighted by Gasteiger charge is -2.14. The fraction of sp³-hybridized carbons (Fsp3) is 0.273. The van der Waals surface area contributed by atoms with Gasteiger partial charge in [0.25, 0.3) is 0 Å². The number of ether oxygens (including phenoxy) is 3. The van der Waals surface area contributed by atoms with Crippen LogP contribution in [0.15, 0.2) is 51.6 Å². The monoisotopic (exact) mass is 569 g/mol. The lowest BCUT2D eigenvalue weighted by atomic mass is 10.1. The van der Waals surface area contributed by atoms with Crippen LogP contribution in [0.1, 0.15) is 37.8 Å². The van der Waals surface area contributed by atoms with Crippen LogP contribution < -0.4 is 9.47 Å². The first kappa shape index (κ1) is 21.8. The molecule has 1 heterocycles. The second kappa shape index (κ2) is 10.2. The molecule has 0 N–H and O–H groups in total. The Kier molecular flexibility index (Phi) is 7.71. The number of carbonyl (C=O) groups is 1. The largest absolute Gasteiger partial charge is 0.490 e. The molecule has 0 spiro atoms. The molecule has 0 unspecified atom stereocenters. The predicted molar refractivity (Wildman–Crippen MR) is 125 cm³/mol. The Morgan fingerprint density at radius 3 is 2.62 bits per heavy atom. The minimum Gasteiger partial charge on any atom is -0.490 e. The molecule has 7 heteroatoms. The number of aliphatic imine (C=N–C) groups is 1. The van der Waals surface area contributed by atoms with Crippen LogP contribution in [-0.4, -0.2) is 25.1 Å². The molecule has 0 amide bonds. The molecule has 2 aromatic rings. The molecule has 3 rings (SSSR count). The molecule has 1 aliphatic rings. The molecule has 0 saturated heterocycles. The highest BCUT2D eigenvalue weighted by Crippen LogP contribution is 2.38. The summed E-state index contributed by atoms with van der Waals surface area (Å²) in [5, 5.41) is 0. The summed E-state index contributed by atoms with van der Waals surface area (Å²) in [5.41, 5.74) is 1.77. The fourth-order valence-electron chi connectivity index (χ4n) is 2.68. The molecule has 152 valence electrons. The molecule has 1 aliphatic heterocycles. The maximum absolute atomic E-state index is 12.3. The molecular formula is C22H21BrINO4. The van der Waals surface area contributed by atoms with E-state index in [1.807, 2.05) is 43.3 Å². The van der Waals surface area contributed by atoms with Gasteiger partial charge in [-0.1, -0.05) is 13.3 Å². The van der Waals surface area contributed by atoms with Crippen LogP contribution in [0.5, 0.6) is 11.5 Å². The molecule has 0 aliphatic carbocycles. The van der Waals surface area contributed by atoms with Gasteiger partial charge in [0.05, 0.1) is 17.7 Å². The van der Waals surface area contributed by atoms with E-state index in [9.17, 15) is 4.79 Å². The first-order chi connectivity index (χ1) is 14.0. The number of cyclic esters (lactones) is 1. The van der Waals surface area contributed by atoms with E-state index >= 15 is 0 Å². The Balaban J connectivity index is 1.90. The highest BCUT2D eigenvalue weighted by molar-refractivity contribution is 14.1. The molecule has 0 saturated carbocycles. The van der Waals surface area contributed by atoms with E-state index < -0.39 is 5.97 Å². The number of carbonyl (C=O) groups excluding carboxylic acids is 1. The molecule has 2 aromatic carbocycles. The van der Waals surface area contributed by atoms with Crippen molar-refractivity contribution in [1.29, 1.82) is 0 Å². The van der Waals surface area contributed by atoms with Crippen molar-refractivity contribution >= 4 is 56.5 Å². The third kappa shape index (κ3) is 5.60. The minimum absolute atomic E-state index is 0.243. The average molecular weight is 570 g/mol. The average Bonchev–Trinajstić information content (AvgIpc) is 3.05. The van der Waals surface area contributed by atoms with Gasteiger partial charge in [0.1, 0.15) is 0 Å². The molecule has 0 aromatic heterocycles. The van der Waals surface area contributed by atoms with Gasteiger partial charge in [0.2, 0.25) is 5.90 Å². The lowest BCUT2D eigenvalue weighted by Crippen LogP contribution is -2.05. The summed E-state index contributed by atoms with van der Waals surface area (Å²) in [6.45, 7) is 5.16. The molecule has 0 radical (unpaired) electrons. The number of hydrogen-bond acceptors (Lipinski definition) is 5. The summed E-state index contributed by atoms with van der Waals surface area (Å²) in [7, 11) is 0. The van der Waals surface area contributed by atoms with E-state index in [4.69, 9.17) is 14.2 Å². The van der Waals surface area contributed by atoms with Gasteiger partial charge in [-0.3, -0.25) is 0 Å². The first-order valence-corrected chi connectivity index (χ1v) is 11.3. The third-order valence-corrected chi connectivity index (χ3v) is 5.40. The molecule has 0 fully saturated rings. The number of benzene rings is 2. The van der Waals surface area contributed by atoms with Gasteiger partial charge in [-0.2, -0.15) is 0 Å². The van der Waals surface area contributed by atoms with Crippen LogP contribution >= 0.6 is 38.5 Å². The van der Waals surface area contributed by atoms with Crippen LogP contribution in [0.2, 0.25) is 0 Å². The van der Waals surface area contributed by atoms with E-state index in [1.54, 1.807) is 6.08 Å². The Labute approximate surface area is 192 Å². The van der Waals surface area contributed by atoms with Crippen molar-refractivity contribution in [2.45, 2.75) is 26.7 Å². The summed E-state index contributed by atoms with van der Waals surface area (Å²) < 4.78 is 18.8. The van der Waals surface area contributed by atoms with Gasteiger partial charge in [0.15, 0.2) is 17.2 Å². The summed E-state index contributed by atoms with van der Waals surface area (Å²) in [6, 6.07) is 11.4. The second-order valence-corrected chi connectivity index (χ2v) is 8.41. The topological polar surface area (TPSA) is 57.1 Å². The zero-order valence-electron chi connectivity index (χ0n) is 16.2. The number of esters is 1. The maximum atomic E-state index is 12.3. The highest BCUT2D eigenvalue weighted by atomic mass is 127. The number of rotatable bonds is 8. The lowest BCUT2D eigenvalue weighted by molar-refractivity contribution is -0.129. The van der Waals surface area contributed by atoms with Crippen molar-refractivity contribution in [3.8, 4) is 11.5 Å². The molecular weight excluding hydrogens is 549 g/mol. The standard InChI is InChI=1S/C22H21BrINO4/c1-3-5-10-28-20-17(23)11-14(13-19(20)27-4-2)12-18-22(26)29-21(25-18)15-6-8-16(24)9-7-15/h6-9,11-13H,3-5,10H2,1-2H3/b18-12-. The van der Waals surface area contributed by atoms with E-state index in [0.29, 0.717) is 30.6 Å². The molecule has 5 nitrogen and oxygen atoms in total. The van der Waals surface area contributed by atoms with Crippen molar-refractivity contribution in [2.24, 2.45) is 4.99 Å². The summed E-state index contributed by atoms with van der Waals surface area (Å²) in [5.74, 6) is 1.12. The zero-order valence-corrected chi connectivity index (χ0v) is 19.9. The number of nitrogens with zero attached hydrogens (tertiary/aromatic N) is 1. The highest BCUT2D eigenvalue weighted by Gasteiger charge is 2.24. The van der Waals surface area contributed by atoms with Gasteiger partial charge >= 0.3 is 5.97 Å². The smallest absolute Gasteiger partial charge is 0.363 e. The van der Waals surface area contributed by atoms with E-state index in [2.05, 4.69) is 50.4 Å². The van der Waals surface area contributed by atoms with Crippen LogP contribution in [-0.2, 0) is 9.53 Å². The van der Waals surface area contributed by atoms with E-state index in [0.717, 1.165) is 32.0 Å². The zero-order chi connectivity index (χ0) is 20.8. The van der Waals surface area contributed by atoms with Crippen LogP contribution in [0, 0.1) is 3.57 Å². The summed E-state index contributed by atoms with van der Waals surface area (Å²) in [4.78, 5) is 16.7.